The number of nitrogens with one attached hydrogen (secondary N) is 3. The number of anilines is 2. The van der Waals surface area contributed by atoms with Crippen LogP contribution in [0.2, 0.25) is 0 Å². The number of carbonyl (C=O) groups is 1. The standard InChI is InChI=1S/C23H31N5O/c1-17(2)22(29)26-19-11-9-18(10-12-19)15-25-23(24-3)27-20-13-14-28(16-20)21-7-5-4-6-8-21/h4-12,17,20H,13-16H2,1-3H3,(H,26,29)(H2,24,25,27). The van der Waals surface area contributed by atoms with E-state index in [9.17, 15) is 4.79 Å². The molecule has 1 saturated heterocycles. The predicted molar refractivity (Wildman–Crippen MR) is 120 cm³/mol. The molecule has 0 radical (unpaired) electrons. The SMILES string of the molecule is CN=C(NCc1ccc(NC(=O)C(C)C)cc1)NC1CCN(c2ccccc2)C1. The van der Waals surface area contributed by atoms with Crippen LogP contribution in [0.15, 0.2) is 59.6 Å². The molecule has 0 spiro atoms. The summed E-state index contributed by atoms with van der Waals surface area (Å²) in [5.41, 5.74) is 3.22. The van der Waals surface area contributed by atoms with E-state index in [0.717, 1.165) is 36.7 Å². The molecule has 3 rings (SSSR count). The van der Waals surface area contributed by atoms with Crippen LogP contribution in [-0.4, -0.2) is 38.0 Å². The Balaban J connectivity index is 1.47. The summed E-state index contributed by atoms with van der Waals surface area (Å²) < 4.78 is 0. The third-order valence-electron chi connectivity index (χ3n) is 5.08. The van der Waals surface area contributed by atoms with Crippen LogP contribution in [0.1, 0.15) is 25.8 Å². The number of hydrogen-bond acceptors (Lipinski definition) is 3. The van der Waals surface area contributed by atoms with E-state index in [1.54, 1.807) is 7.05 Å². The van der Waals surface area contributed by atoms with Crippen molar-refractivity contribution in [3.05, 3.63) is 60.2 Å². The van der Waals surface area contributed by atoms with Gasteiger partial charge < -0.3 is 20.9 Å². The van der Waals surface area contributed by atoms with Crippen molar-refractivity contribution in [2.75, 3.05) is 30.4 Å². The van der Waals surface area contributed by atoms with Gasteiger partial charge in [-0.25, -0.2) is 0 Å². The Morgan fingerprint density at radius 3 is 2.52 bits per heavy atom. The van der Waals surface area contributed by atoms with Crippen molar-refractivity contribution in [1.82, 2.24) is 10.6 Å². The topological polar surface area (TPSA) is 68.8 Å². The maximum atomic E-state index is 11.8. The van der Waals surface area contributed by atoms with Gasteiger partial charge in [-0.15, -0.1) is 0 Å². The molecule has 29 heavy (non-hydrogen) atoms. The Bertz CT molecular complexity index is 817. The first kappa shape index (κ1) is 20.7. The lowest BCUT2D eigenvalue weighted by Gasteiger charge is -2.20. The van der Waals surface area contributed by atoms with E-state index in [2.05, 4.69) is 50.1 Å². The fraction of sp³-hybridized carbons (Fsp3) is 0.391. The van der Waals surface area contributed by atoms with Crippen molar-refractivity contribution in [1.29, 1.82) is 0 Å². The summed E-state index contributed by atoms with van der Waals surface area (Å²) in [6.07, 6.45) is 1.08. The van der Waals surface area contributed by atoms with Crippen molar-refractivity contribution < 1.29 is 4.79 Å². The number of nitrogens with zero attached hydrogens (tertiary/aromatic N) is 2. The highest BCUT2D eigenvalue weighted by Gasteiger charge is 2.23. The maximum Gasteiger partial charge on any atom is 0.226 e. The molecule has 2 aromatic carbocycles. The minimum Gasteiger partial charge on any atom is -0.369 e. The Morgan fingerprint density at radius 2 is 1.86 bits per heavy atom. The molecule has 3 N–H and O–H groups in total. The van der Waals surface area contributed by atoms with E-state index in [-0.39, 0.29) is 11.8 Å². The highest BCUT2D eigenvalue weighted by Crippen LogP contribution is 2.19. The fourth-order valence-electron chi connectivity index (χ4n) is 3.32. The number of guanidine groups is 1. The summed E-state index contributed by atoms with van der Waals surface area (Å²) in [7, 11) is 1.80. The molecule has 0 aliphatic carbocycles. The zero-order valence-electron chi connectivity index (χ0n) is 17.5. The molecule has 1 heterocycles. The Morgan fingerprint density at radius 1 is 1.14 bits per heavy atom. The summed E-state index contributed by atoms with van der Waals surface area (Å²) >= 11 is 0. The first-order chi connectivity index (χ1) is 14.0. The van der Waals surface area contributed by atoms with Gasteiger partial charge in [-0.1, -0.05) is 44.2 Å². The van der Waals surface area contributed by atoms with E-state index in [4.69, 9.17) is 0 Å². The number of amides is 1. The first-order valence-electron chi connectivity index (χ1n) is 10.2. The van der Waals surface area contributed by atoms with Crippen LogP contribution in [0.25, 0.3) is 0 Å². The molecule has 6 nitrogen and oxygen atoms in total. The van der Waals surface area contributed by atoms with Crippen LogP contribution < -0.4 is 20.9 Å². The fourth-order valence-corrected chi connectivity index (χ4v) is 3.32. The molecule has 1 aliphatic rings. The normalized spacial score (nSPS) is 16.8. The molecule has 0 saturated carbocycles. The summed E-state index contributed by atoms with van der Waals surface area (Å²) in [5.74, 6) is 0.808. The van der Waals surface area contributed by atoms with Gasteiger partial charge in [0.1, 0.15) is 0 Å². The third kappa shape index (κ3) is 5.98. The maximum absolute atomic E-state index is 11.8. The Kier molecular flexibility index (Phi) is 7.11. The van der Waals surface area contributed by atoms with E-state index < -0.39 is 0 Å². The summed E-state index contributed by atoms with van der Waals surface area (Å²) in [4.78, 5) is 18.5. The molecule has 1 amide bonds. The second kappa shape index (κ2) is 9.96. The van der Waals surface area contributed by atoms with Crippen LogP contribution in [0, 0.1) is 5.92 Å². The van der Waals surface area contributed by atoms with Gasteiger partial charge in [0.15, 0.2) is 5.96 Å². The van der Waals surface area contributed by atoms with Crippen molar-refractivity contribution in [3.63, 3.8) is 0 Å². The second-order valence-electron chi connectivity index (χ2n) is 7.68. The van der Waals surface area contributed by atoms with Gasteiger partial charge in [-0.3, -0.25) is 9.79 Å². The number of hydrogen-bond donors (Lipinski definition) is 3. The lowest BCUT2D eigenvalue weighted by molar-refractivity contribution is -0.118. The molecular weight excluding hydrogens is 362 g/mol. The van der Waals surface area contributed by atoms with Gasteiger partial charge in [-0.05, 0) is 36.2 Å². The lowest BCUT2D eigenvalue weighted by Crippen LogP contribution is -2.44. The van der Waals surface area contributed by atoms with E-state index in [0.29, 0.717) is 12.6 Å². The van der Waals surface area contributed by atoms with Gasteiger partial charge >= 0.3 is 0 Å². The van der Waals surface area contributed by atoms with E-state index >= 15 is 0 Å². The van der Waals surface area contributed by atoms with Crippen LogP contribution in [0.4, 0.5) is 11.4 Å². The molecule has 1 aliphatic heterocycles. The average molecular weight is 394 g/mol. The molecule has 1 fully saturated rings. The van der Waals surface area contributed by atoms with E-state index in [1.807, 2.05) is 44.2 Å². The van der Waals surface area contributed by atoms with Gasteiger partial charge in [0.2, 0.25) is 5.91 Å². The third-order valence-corrected chi connectivity index (χ3v) is 5.08. The van der Waals surface area contributed by atoms with E-state index in [1.165, 1.54) is 5.69 Å². The van der Waals surface area contributed by atoms with Crippen LogP contribution in [0.3, 0.4) is 0 Å². The van der Waals surface area contributed by atoms with Gasteiger partial charge in [0.25, 0.3) is 0 Å². The number of carbonyl (C=O) groups excluding carboxylic acids is 1. The number of benzene rings is 2. The van der Waals surface area contributed by atoms with Crippen LogP contribution in [0.5, 0.6) is 0 Å². The van der Waals surface area contributed by atoms with Crippen molar-refractivity contribution in [3.8, 4) is 0 Å². The van der Waals surface area contributed by atoms with Crippen LogP contribution in [-0.2, 0) is 11.3 Å². The first-order valence-corrected chi connectivity index (χ1v) is 10.2. The Labute approximate surface area is 173 Å². The van der Waals surface area contributed by atoms with Crippen molar-refractivity contribution in [2.45, 2.75) is 32.9 Å². The molecule has 6 heteroatoms. The quantitative estimate of drug-likeness (QED) is 0.521. The van der Waals surface area contributed by atoms with Gasteiger partial charge in [0.05, 0.1) is 0 Å². The average Bonchev–Trinajstić information content (AvgIpc) is 3.21. The van der Waals surface area contributed by atoms with Crippen molar-refractivity contribution >= 4 is 23.2 Å². The second-order valence-corrected chi connectivity index (χ2v) is 7.68. The highest BCUT2D eigenvalue weighted by atomic mass is 16.1. The monoisotopic (exact) mass is 393 g/mol. The van der Waals surface area contributed by atoms with Crippen LogP contribution >= 0.6 is 0 Å². The predicted octanol–water partition coefficient (Wildman–Crippen LogP) is 3.23. The molecular formula is C23H31N5O. The summed E-state index contributed by atoms with van der Waals surface area (Å²) in [5, 5.41) is 9.81. The molecule has 0 bridgehead atoms. The summed E-state index contributed by atoms with van der Waals surface area (Å²) in [6.45, 7) is 6.45. The number of para-hydroxylation sites is 1. The lowest BCUT2D eigenvalue weighted by atomic mass is 10.1. The zero-order valence-corrected chi connectivity index (χ0v) is 17.5. The molecule has 0 aromatic heterocycles. The highest BCUT2D eigenvalue weighted by molar-refractivity contribution is 5.92. The van der Waals surface area contributed by atoms with Gasteiger partial charge in [-0.2, -0.15) is 0 Å². The number of aliphatic imine (C=N–C) groups is 1. The smallest absolute Gasteiger partial charge is 0.226 e. The molecule has 154 valence electrons. The minimum absolute atomic E-state index is 0.0286. The molecule has 1 atom stereocenters. The van der Waals surface area contributed by atoms with Crippen molar-refractivity contribution in [2.24, 2.45) is 10.9 Å². The zero-order chi connectivity index (χ0) is 20.6. The number of rotatable bonds is 6. The summed E-state index contributed by atoms with van der Waals surface area (Å²) in [6, 6.07) is 18.8. The largest absolute Gasteiger partial charge is 0.369 e. The minimum atomic E-state index is -0.0286. The molecule has 2 aromatic rings. The van der Waals surface area contributed by atoms with Gasteiger partial charge in [0, 0.05) is 50.0 Å². The molecule has 1 unspecified atom stereocenters. The Hall–Kier alpha value is -3.02.